The van der Waals surface area contributed by atoms with Crippen molar-refractivity contribution in [3.8, 4) is 0 Å². The molecule has 3 unspecified atom stereocenters. The fourth-order valence-electron chi connectivity index (χ4n) is 2.85. The predicted octanol–water partition coefficient (Wildman–Crippen LogP) is 4.30. The van der Waals surface area contributed by atoms with E-state index in [4.69, 9.17) is 0 Å². The summed E-state index contributed by atoms with van der Waals surface area (Å²) in [5.74, 6) is -0.985. The fraction of sp³-hybridized carbons (Fsp3) is 0.857. The van der Waals surface area contributed by atoms with Crippen molar-refractivity contribution in [2.75, 3.05) is 7.05 Å². The fourth-order valence-corrected chi connectivity index (χ4v) is 2.85. The van der Waals surface area contributed by atoms with Gasteiger partial charge in [0, 0.05) is 6.04 Å². The molecule has 1 aliphatic rings. The largest absolute Gasteiger partial charge is 0.391 e. The summed E-state index contributed by atoms with van der Waals surface area (Å²) in [5, 5.41) is 3.18. The van der Waals surface area contributed by atoms with Gasteiger partial charge in [0.25, 0.3) is 0 Å². The molecule has 0 aromatic carbocycles. The molecule has 0 heterocycles. The molecule has 18 heavy (non-hydrogen) atoms. The van der Waals surface area contributed by atoms with Gasteiger partial charge in [0.1, 0.15) is 0 Å². The van der Waals surface area contributed by atoms with Crippen LogP contribution in [0.2, 0.25) is 0 Å². The van der Waals surface area contributed by atoms with Gasteiger partial charge >= 0.3 is 6.18 Å². The summed E-state index contributed by atoms with van der Waals surface area (Å²) >= 11 is 0. The van der Waals surface area contributed by atoms with Crippen LogP contribution in [0.3, 0.4) is 0 Å². The van der Waals surface area contributed by atoms with Crippen molar-refractivity contribution in [3.05, 3.63) is 12.2 Å². The average Bonchev–Trinajstić information content (AvgIpc) is 2.34. The number of hydrogen-bond acceptors (Lipinski definition) is 1. The molecule has 1 fully saturated rings. The number of halogens is 3. The van der Waals surface area contributed by atoms with Crippen molar-refractivity contribution in [1.82, 2.24) is 5.32 Å². The maximum absolute atomic E-state index is 12.8. The zero-order valence-electron chi connectivity index (χ0n) is 11.3. The number of nitrogens with one attached hydrogen (secondary N) is 1. The molecule has 1 N–H and O–H groups in total. The zero-order valence-corrected chi connectivity index (χ0v) is 11.3. The lowest BCUT2D eigenvalue weighted by molar-refractivity contribution is -0.186. The lowest BCUT2D eigenvalue weighted by atomic mass is 9.76. The summed E-state index contributed by atoms with van der Waals surface area (Å²) in [6.45, 7) is 6.00. The van der Waals surface area contributed by atoms with Gasteiger partial charge in [-0.2, -0.15) is 13.2 Å². The highest BCUT2D eigenvalue weighted by atomic mass is 19.4. The molecule has 0 aliphatic heterocycles. The van der Waals surface area contributed by atoms with Crippen molar-refractivity contribution < 1.29 is 13.2 Å². The lowest BCUT2D eigenvalue weighted by Crippen LogP contribution is -2.39. The number of alkyl halides is 3. The molecule has 0 amide bonds. The van der Waals surface area contributed by atoms with Gasteiger partial charge in [-0.1, -0.05) is 25.5 Å². The Morgan fingerprint density at radius 2 is 2.06 bits per heavy atom. The minimum atomic E-state index is -4.03. The van der Waals surface area contributed by atoms with Crippen LogP contribution in [0.5, 0.6) is 0 Å². The van der Waals surface area contributed by atoms with E-state index in [0.717, 1.165) is 24.8 Å². The van der Waals surface area contributed by atoms with Crippen molar-refractivity contribution in [3.63, 3.8) is 0 Å². The molecule has 4 heteroatoms. The highest BCUT2D eigenvalue weighted by molar-refractivity contribution is 4.99. The summed E-state index contributed by atoms with van der Waals surface area (Å²) < 4.78 is 38.3. The topological polar surface area (TPSA) is 12.0 Å². The monoisotopic (exact) mass is 263 g/mol. The molecule has 1 rings (SSSR count). The third-order valence-electron chi connectivity index (χ3n) is 4.13. The summed E-state index contributed by atoms with van der Waals surface area (Å²) in [7, 11) is 1.84. The van der Waals surface area contributed by atoms with Crippen LogP contribution in [0.4, 0.5) is 13.2 Å². The molecule has 0 bridgehead atoms. The molecular formula is C14H24F3N. The van der Waals surface area contributed by atoms with E-state index in [1.54, 1.807) is 0 Å². The molecule has 1 saturated carbocycles. The van der Waals surface area contributed by atoms with Gasteiger partial charge in [-0.15, -0.1) is 0 Å². The first-order chi connectivity index (χ1) is 8.38. The van der Waals surface area contributed by atoms with Gasteiger partial charge in [0.15, 0.2) is 0 Å². The first kappa shape index (κ1) is 15.5. The Morgan fingerprint density at radius 1 is 1.39 bits per heavy atom. The first-order valence-corrected chi connectivity index (χ1v) is 6.79. The molecule has 0 saturated heterocycles. The quantitative estimate of drug-likeness (QED) is 0.729. The van der Waals surface area contributed by atoms with Crippen molar-refractivity contribution in [2.24, 2.45) is 11.8 Å². The van der Waals surface area contributed by atoms with Crippen molar-refractivity contribution >= 4 is 0 Å². The Kier molecular flexibility index (Phi) is 5.70. The second kappa shape index (κ2) is 6.60. The summed E-state index contributed by atoms with van der Waals surface area (Å²) in [6.07, 6.45) is -0.188. The van der Waals surface area contributed by atoms with E-state index in [-0.39, 0.29) is 18.4 Å². The van der Waals surface area contributed by atoms with E-state index >= 15 is 0 Å². The Bertz CT molecular complexity index is 273. The van der Waals surface area contributed by atoms with E-state index in [9.17, 15) is 13.2 Å². The van der Waals surface area contributed by atoms with Gasteiger partial charge in [-0.25, -0.2) is 0 Å². The zero-order chi connectivity index (χ0) is 13.8. The SMILES string of the molecule is C=C(CC)CC(NC)C1CCCC(C(F)(F)F)C1. The maximum atomic E-state index is 12.8. The van der Waals surface area contributed by atoms with Gasteiger partial charge in [-0.05, 0) is 45.1 Å². The molecule has 106 valence electrons. The smallest absolute Gasteiger partial charge is 0.316 e. The van der Waals surface area contributed by atoms with Gasteiger partial charge < -0.3 is 5.32 Å². The van der Waals surface area contributed by atoms with E-state index in [0.29, 0.717) is 12.8 Å². The van der Waals surface area contributed by atoms with Crippen LogP contribution in [0.15, 0.2) is 12.2 Å². The van der Waals surface area contributed by atoms with Crippen molar-refractivity contribution in [2.45, 2.75) is 57.7 Å². The second-order valence-electron chi connectivity index (χ2n) is 5.37. The third kappa shape index (κ3) is 4.30. The predicted molar refractivity (Wildman–Crippen MR) is 68.4 cm³/mol. The van der Waals surface area contributed by atoms with Crippen LogP contribution in [0, 0.1) is 11.8 Å². The third-order valence-corrected chi connectivity index (χ3v) is 4.13. The highest BCUT2D eigenvalue weighted by Gasteiger charge is 2.43. The minimum absolute atomic E-state index is 0.124. The standard InChI is InChI=1S/C14H24F3N/c1-4-10(2)8-13(18-3)11-6-5-7-12(9-11)14(15,16)17/h11-13,18H,2,4-9H2,1,3H3. The van der Waals surface area contributed by atoms with Gasteiger partial charge in [0.2, 0.25) is 0 Å². The first-order valence-electron chi connectivity index (χ1n) is 6.79. The van der Waals surface area contributed by atoms with E-state index in [1.807, 2.05) is 14.0 Å². The van der Waals surface area contributed by atoms with Crippen LogP contribution in [0.1, 0.15) is 45.4 Å². The van der Waals surface area contributed by atoms with E-state index < -0.39 is 12.1 Å². The van der Waals surface area contributed by atoms with Crippen LogP contribution in [-0.4, -0.2) is 19.3 Å². The minimum Gasteiger partial charge on any atom is -0.316 e. The summed E-state index contributed by atoms with van der Waals surface area (Å²) in [5.41, 5.74) is 1.11. The molecule has 0 aromatic heterocycles. The van der Waals surface area contributed by atoms with Crippen LogP contribution in [0.25, 0.3) is 0 Å². The Morgan fingerprint density at radius 3 is 2.56 bits per heavy atom. The van der Waals surface area contributed by atoms with Gasteiger partial charge in [0.05, 0.1) is 5.92 Å². The van der Waals surface area contributed by atoms with Crippen LogP contribution in [-0.2, 0) is 0 Å². The van der Waals surface area contributed by atoms with Gasteiger partial charge in [-0.3, -0.25) is 0 Å². The molecular weight excluding hydrogens is 239 g/mol. The van der Waals surface area contributed by atoms with Crippen LogP contribution >= 0.6 is 0 Å². The molecule has 0 spiro atoms. The Hall–Kier alpha value is -0.510. The second-order valence-corrected chi connectivity index (χ2v) is 5.37. The lowest BCUT2D eigenvalue weighted by Gasteiger charge is -2.35. The number of hydrogen-bond donors (Lipinski definition) is 1. The van der Waals surface area contributed by atoms with E-state index in [2.05, 4.69) is 11.9 Å². The summed E-state index contributed by atoms with van der Waals surface area (Å²) in [6, 6.07) is 0.141. The Labute approximate surface area is 108 Å². The molecule has 1 aliphatic carbocycles. The number of rotatable bonds is 5. The maximum Gasteiger partial charge on any atom is 0.391 e. The van der Waals surface area contributed by atoms with E-state index in [1.165, 1.54) is 0 Å². The molecule has 0 aromatic rings. The Balaban J connectivity index is 2.60. The molecule has 1 nitrogen and oxygen atoms in total. The highest BCUT2D eigenvalue weighted by Crippen LogP contribution is 2.41. The summed E-state index contributed by atoms with van der Waals surface area (Å²) in [4.78, 5) is 0. The van der Waals surface area contributed by atoms with Crippen molar-refractivity contribution in [1.29, 1.82) is 0 Å². The molecule has 3 atom stereocenters. The normalized spacial score (nSPS) is 26.9. The average molecular weight is 263 g/mol. The van der Waals surface area contributed by atoms with Crippen LogP contribution < -0.4 is 5.32 Å². The molecule has 0 radical (unpaired) electrons.